The van der Waals surface area contributed by atoms with Crippen LogP contribution in [0.4, 0.5) is 0 Å². The zero-order valence-corrected chi connectivity index (χ0v) is 23.0. The minimum atomic E-state index is -0.744. The van der Waals surface area contributed by atoms with Crippen LogP contribution in [0.15, 0.2) is 16.9 Å². The zero-order chi connectivity index (χ0) is 27.4. The molecule has 2 aliphatic rings. The van der Waals surface area contributed by atoms with E-state index < -0.39 is 39.9 Å². The molecule has 1 aromatic heterocycles. The Bertz CT molecular complexity index is 1290. The van der Waals surface area contributed by atoms with Crippen LogP contribution in [0.5, 0.6) is 11.5 Å². The molecule has 7 heteroatoms. The Kier molecular flexibility index (Phi) is 6.80. The lowest BCUT2D eigenvalue weighted by atomic mass is 9.76. The molecule has 2 aromatic rings. The fourth-order valence-electron chi connectivity index (χ4n) is 5.68. The molecule has 1 saturated carbocycles. The molecule has 1 aliphatic carbocycles. The molecule has 2 heterocycles. The van der Waals surface area contributed by atoms with Gasteiger partial charge in [0.1, 0.15) is 34.9 Å². The topological polar surface area (TPSA) is 106 Å². The van der Waals surface area contributed by atoms with E-state index in [0.29, 0.717) is 35.2 Å². The standard InChI is InChI=1S/C30H39NO6/c1-16(32)22-27(35)23(17-14-18(29(2,3)4)26(34)19(15-17)30(5,6)7)25-24-20(33)12-10-8-9-11-13-21(24)37-31(25)28(22)36/h14-15,21,24,34-35H,8-13H2,1-7H3/t21-,24+/m1/s1. The van der Waals surface area contributed by atoms with Crippen LogP contribution in [0.25, 0.3) is 11.1 Å². The summed E-state index contributed by atoms with van der Waals surface area (Å²) in [6, 6.07) is 3.59. The first-order valence-corrected chi connectivity index (χ1v) is 13.3. The van der Waals surface area contributed by atoms with Gasteiger partial charge in [0.2, 0.25) is 0 Å². The minimum Gasteiger partial charge on any atom is -0.507 e. The second-order valence-electron chi connectivity index (χ2n) is 12.6. The van der Waals surface area contributed by atoms with Crippen molar-refractivity contribution in [3.05, 3.63) is 44.9 Å². The number of hydrogen-bond donors (Lipinski definition) is 2. The van der Waals surface area contributed by atoms with Crippen molar-refractivity contribution in [3.63, 3.8) is 0 Å². The summed E-state index contributed by atoms with van der Waals surface area (Å²) in [5.41, 5.74) is 0.429. The third-order valence-corrected chi connectivity index (χ3v) is 7.63. The maximum Gasteiger partial charge on any atom is 0.297 e. The van der Waals surface area contributed by atoms with Crippen molar-refractivity contribution in [2.75, 3.05) is 0 Å². The number of phenolic OH excluding ortho intramolecular Hbond substituents is 1. The predicted molar refractivity (Wildman–Crippen MR) is 143 cm³/mol. The lowest BCUT2D eigenvalue weighted by molar-refractivity contribution is -0.122. The number of Topliss-reactive ketones (excluding diaryl/α,β-unsaturated/α-hetero) is 2. The normalized spacial score (nSPS) is 20.4. The van der Waals surface area contributed by atoms with Gasteiger partial charge in [-0.1, -0.05) is 54.4 Å². The van der Waals surface area contributed by atoms with Gasteiger partial charge in [-0.2, -0.15) is 0 Å². The third kappa shape index (κ3) is 4.69. The van der Waals surface area contributed by atoms with Gasteiger partial charge < -0.3 is 15.1 Å². The molecule has 0 radical (unpaired) electrons. The average molecular weight is 510 g/mol. The Morgan fingerprint density at radius 3 is 2.03 bits per heavy atom. The quantitative estimate of drug-likeness (QED) is 0.515. The molecule has 1 aliphatic heterocycles. The summed E-state index contributed by atoms with van der Waals surface area (Å²) < 4.78 is 1.08. The van der Waals surface area contributed by atoms with Gasteiger partial charge in [-0.15, -0.1) is 4.73 Å². The predicted octanol–water partition coefficient (Wildman–Crippen LogP) is 5.54. The van der Waals surface area contributed by atoms with Gasteiger partial charge in [-0.25, -0.2) is 0 Å². The average Bonchev–Trinajstić information content (AvgIpc) is 3.16. The van der Waals surface area contributed by atoms with Crippen LogP contribution in [-0.4, -0.2) is 32.6 Å². The van der Waals surface area contributed by atoms with E-state index in [1.165, 1.54) is 6.92 Å². The molecule has 7 nitrogen and oxygen atoms in total. The van der Waals surface area contributed by atoms with E-state index in [-0.39, 0.29) is 22.7 Å². The van der Waals surface area contributed by atoms with Crippen molar-refractivity contribution in [2.24, 2.45) is 0 Å². The van der Waals surface area contributed by atoms with E-state index in [9.17, 15) is 24.6 Å². The summed E-state index contributed by atoms with van der Waals surface area (Å²) in [6.07, 6.45) is 3.98. The summed E-state index contributed by atoms with van der Waals surface area (Å²) >= 11 is 0. The Labute approximate surface area is 218 Å². The number of aromatic nitrogens is 1. The van der Waals surface area contributed by atoms with Crippen LogP contribution in [0.2, 0.25) is 0 Å². The molecule has 2 atom stereocenters. The third-order valence-electron chi connectivity index (χ3n) is 7.63. The van der Waals surface area contributed by atoms with E-state index in [2.05, 4.69) is 0 Å². The highest BCUT2D eigenvalue weighted by Crippen LogP contribution is 2.48. The second kappa shape index (κ2) is 9.34. The first-order chi connectivity index (χ1) is 17.1. The van der Waals surface area contributed by atoms with Gasteiger partial charge in [0.15, 0.2) is 5.78 Å². The van der Waals surface area contributed by atoms with Crippen molar-refractivity contribution in [1.82, 2.24) is 4.73 Å². The number of pyridine rings is 1. The molecule has 0 bridgehead atoms. The van der Waals surface area contributed by atoms with Crippen LogP contribution >= 0.6 is 0 Å². The Morgan fingerprint density at radius 1 is 0.919 bits per heavy atom. The number of rotatable bonds is 2. The lowest BCUT2D eigenvalue weighted by Gasteiger charge is -2.29. The molecule has 1 fully saturated rings. The molecule has 37 heavy (non-hydrogen) atoms. The molecule has 4 rings (SSSR count). The summed E-state index contributed by atoms with van der Waals surface area (Å²) in [5.74, 6) is -1.60. The molecule has 0 spiro atoms. The van der Waals surface area contributed by atoms with Crippen molar-refractivity contribution in [1.29, 1.82) is 0 Å². The highest BCUT2D eigenvalue weighted by Gasteiger charge is 2.45. The Morgan fingerprint density at radius 2 is 1.49 bits per heavy atom. The monoisotopic (exact) mass is 509 g/mol. The summed E-state index contributed by atoms with van der Waals surface area (Å²) in [6.45, 7) is 13.2. The number of carbonyl (C=O) groups is 2. The van der Waals surface area contributed by atoms with Crippen LogP contribution in [0.1, 0.15) is 120 Å². The summed E-state index contributed by atoms with van der Waals surface area (Å²) in [5, 5.41) is 22.8. The number of fused-ring (bicyclic) bond motifs is 3. The molecule has 2 N–H and O–H groups in total. The van der Waals surface area contributed by atoms with Gasteiger partial charge in [-0.05, 0) is 54.7 Å². The van der Waals surface area contributed by atoms with E-state index in [0.717, 1.165) is 30.4 Å². The van der Waals surface area contributed by atoms with Crippen molar-refractivity contribution >= 4 is 11.6 Å². The number of nitrogens with zero attached hydrogens (tertiary/aromatic N) is 1. The number of ketones is 2. The second-order valence-corrected chi connectivity index (χ2v) is 12.6. The van der Waals surface area contributed by atoms with Crippen molar-refractivity contribution < 1.29 is 24.6 Å². The fourth-order valence-corrected chi connectivity index (χ4v) is 5.68. The number of carbonyl (C=O) groups excluding carboxylic acids is 2. The van der Waals surface area contributed by atoms with Crippen LogP contribution in [-0.2, 0) is 15.6 Å². The number of aromatic hydroxyl groups is 2. The van der Waals surface area contributed by atoms with Gasteiger partial charge in [0, 0.05) is 23.1 Å². The van der Waals surface area contributed by atoms with Crippen LogP contribution in [0, 0.1) is 0 Å². The molecular weight excluding hydrogens is 470 g/mol. The lowest BCUT2D eigenvalue weighted by Crippen LogP contribution is -2.31. The highest BCUT2D eigenvalue weighted by molar-refractivity contribution is 6.00. The minimum absolute atomic E-state index is 0.0281. The smallest absolute Gasteiger partial charge is 0.297 e. The zero-order valence-electron chi connectivity index (χ0n) is 23.0. The largest absolute Gasteiger partial charge is 0.507 e. The molecule has 0 amide bonds. The molecule has 200 valence electrons. The summed E-state index contributed by atoms with van der Waals surface area (Å²) in [7, 11) is 0. The first kappa shape index (κ1) is 27.0. The highest BCUT2D eigenvalue weighted by atomic mass is 16.7. The summed E-state index contributed by atoms with van der Waals surface area (Å²) in [4.78, 5) is 45.6. The number of phenols is 1. The van der Waals surface area contributed by atoms with E-state index >= 15 is 0 Å². The van der Waals surface area contributed by atoms with Gasteiger partial charge >= 0.3 is 0 Å². The van der Waals surface area contributed by atoms with Gasteiger partial charge in [0.25, 0.3) is 5.56 Å². The fraction of sp³-hybridized carbons (Fsp3) is 0.567. The van der Waals surface area contributed by atoms with E-state index in [1.807, 2.05) is 41.5 Å². The van der Waals surface area contributed by atoms with E-state index in [1.54, 1.807) is 12.1 Å². The maximum atomic E-state index is 13.5. The molecular formula is C30H39NO6. The first-order valence-electron chi connectivity index (χ1n) is 13.3. The Hall–Kier alpha value is -3.09. The van der Waals surface area contributed by atoms with Crippen molar-refractivity contribution in [2.45, 2.75) is 110 Å². The van der Waals surface area contributed by atoms with Crippen LogP contribution in [0.3, 0.4) is 0 Å². The molecule has 0 saturated heterocycles. The number of hydrogen-bond acceptors (Lipinski definition) is 6. The van der Waals surface area contributed by atoms with Crippen LogP contribution < -0.4 is 10.4 Å². The van der Waals surface area contributed by atoms with Gasteiger partial charge in [-0.3, -0.25) is 14.4 Å². The number of benzene rings is 1. The molecule has 0 unspecified atom stereocenters. The van der Waals surface area contributed by atoms with E-state index in [4.69, 9.17) is 4.84 Å². The molecule has 1 aromatic carbocycles. The maximum absolute atomic E-state index is 13.5. The Balaban J connectivity index is 2.13. The van der Waals surface area contributed by atoms with Gasteiger partial charge in [0.05, 0.1) is 5.69 Å². The van der Waals surface area contributed by atoms with Crippen molar-refractivity contribution in [3.8, 4) is 22.6 Å². The SMILES string of the molecule is CC(=O)c1c(O)c(-c2cc(C(C)(C)C)c(O)c(C(C)(C)C)c2)c2n(c1=O)O[C@@H]1CCCCCCC(=O)[C@H]21.